The molecule has 5 nitrogen and oxygen atoms in total. The van der Waals surface area contributed by atoms with Gasteiger partial charge in [0.15, 0.2) is 5.58 Å². The highest BCUT2D eigenvalue weighted by Gasteiger charge is 2.13. The van der Waals surface area contributed by atoms with Gasteiger partial charge in [-0.2, -0.15) is 0 Å². The van der Waals surface area contributed by atoms with Crippen molar-refractivity contribution in [1.82, 2.24) is 10.6 Å². The number of hydrazine groups is 1. The number of fused-ring (bicyclic) bond motifs is 1. The molecule has 3 aromatic rings. The highest BCUT2D eigenvalue weighted by molar-refractivity contribution is 6.41. The lowest BCUT2D eigenvalue weighted by Gasteiger charge is -2.11. The van der Waals surface area contributed by atoms with Crippen LogP contribution in [-0.4, -0.2) is 11.1 Å². The van der Waals surface area contributed by atoms with Gasteiger partial charge in [0.1, 0.15) is 5.69 Å². The third kappa shape index (κ3) is 3.52. The van der Waals surface area contributed by atoms with Crippen molar-refractivity contribution in [2.45, 2.75) is 6.42 Å². The fourth-order valence-corrected chi connectivity index (χ4v) is 2.97. The molecule has 1 amide bonds. The van der Waals surface area contributed by atoms with E-state index in [-0.39, 0.29) is 12.3 Å². The van der Waals surface area contributed by atoms with Gasteiger partial charge in [0, 0.05) is 10.4 Å². The Labute approximate surface area is 146 Å². The van der Waals surface area contributed by atoms with Gasteiger partial charge in [-0.25, -0.2) is 0 Å². The Bertz CT molecular complexity index is 856. The number of rotatable bonds is 4. The molecule has 0 radical (unpaired) electrons. The van der Waals surface area contributed by atoms with E-state index in [0.717, 1.165) is 5.39 Å². The van der Waals surface area contributed by atoms with Crippen LogP contribution >= 0.6 is 34.8 Å². The number of nitrogens with zero attached hydrogens (tertiary/aromatic N) is 1. The highest BCUT2D eigenvalue weighted by Crippen LogP contribution is 2.33. The minimum atomic E-state index is -0.314. The summed E-state index contributed by atoms with van der Waals surface area (Å²) in [6.07, 6.45) is 0.0485. The predicted octanol–water partition coefficient (Wildman–Crippen LogP) is 4.47. The summed E-state index contributed by atoms with van der Waals surface area (Å²) < 4.78 is 5.16. The molecule has 0 spiro atoms. The summed E-state index contributed by atoms with van der Waals surface area (Å²) in [7, 11) is 0. The SMILES string of the molecule is O=C(Cc1noc2ccccc12)NNc1c(Cl)cc(Cl)cc1Cl. The van der Waals surface area contributed by atoms with Crippen molar-refractivity contribution in [3.8, 4) is 0 Å². The van der Waals surface area contributed by atoms with E-state index >= 15 is 0 Å². The van der Waals surface area contributed by atoms with Crippen LogP contribution in [0.4, 0.5) is 5.69 Å². The van der Waals surface area contributed by atoms with Crippen molar-refractivity contribution in [3.63, 3.8) is 0 Å². The molecule has 0 aliphatic rings. The number of hydrogen-bond acceptors (Lipinski definition) is 4. The third-order valence-electron chi connectivity index (χ3n) is 3.11. The number of benzene rings is 2. The first-order chi connectivity index (χ1) is 11.0. The molecular weight excluding hydrogens is 361 g/mol. The zero-order chi connectivity index (χ0) is 16.4. The maximum atomic E-state index is 12.0. The maximum Gasteiger partial charge on any atom is 0.244 e. The Hall–Kier alpha value is -1.95. The molecule has 8 heteroatoms. The fourth-order valence-electron chi connectivity index (χ4n) is 2.06. The number of amides is 1. The van der Waals surface area contributed by atoms with Gasteiger partial charge in [-0.05, 0) is 24.3 Å². The Balaban J connectivity index is 1.69. The number of aromatic nitrogens is 1. The van der Waals surface area contributed by atoms with Crippen LogP contribution in [0.2, 0.25) is 15.1 Å². The minimum Gasteiger partial charge on any atom is -0.356 e. The normalized spacial score (nSPS) is 10.7. The Morgan fingerprint density at radius 1 is 1.13 bits per heavy atom. The number of para-hydroxylation sites is 1. The average molecular weight is 371 g/mol. The van der Waals surface area contributed by atoms with Gasteiger partial charge in [0.2, 0.25) is 5.91 Å². The molecule has 0 aliphatic carbocycles. The van der Waals surface area contributed by atoms with E-state index in [4.69, 9.17) is 39.3 Å². The number of nitrogens with one attached hydrogen (secondary N) is 2. The Kier molecular flexibility index (Phi) is 4.61. The monoisotopic (exact) mass is 369 g/mol. The van der Waals surface area contributed by atoms with Crippen LogP contribution in [0.25, 0.3) is 11.0 Å². The maximum absolute atomic E-state index is 12.0. The number of hydrogen-bond donors (Lipinski definition) is 2. The van der Waals surface area contributed by atoms with Crippen LogP contribution in [0, 0.1) is 0 Å². The van der Waals surface area contributed by atoms with Crippen molar-refractivity contribution in [3.05, 3.63) is 57.2 Å². The molecule has 2 N–H and O–H groups in total. The molecule has 1 aromatic heterocycles. The van der Waals surface area contributed by atoms with Gasteiger partial charge in [0.05, 0.1) is 22.2 Å². The Morgan fingerprint density at radius 2 is 1.83 bits per heavy atom. The summed E-state index contributed by atoms with van der Waals surface area (Å²) in [6, 6.07) is 10.4. The van der Waals surface area contributed by atoms with E-state index in [0.29, 0.717) is 32.0 Å². The summed E-state index contributed by atoms with van der Waals surface area (Å²) in [6.45, 7) is 0. The first-order valence-electron chi connectivity index (χ1n) is 6.57. The van der Waals surface area contributed by atoms with Crippen molar-refractivity contribution in [1.29, 1.82) is 0 Å². The molecule has 0 bridgehead atoms. The number of carbonyl (C=O) groups excluding carboxylic acids is 1. The van der Waals surface area contributed by atoms with Gasteiger partial charge < -0.3 is 4.52 Å². The van der Waals surface area contributed by atoms with Crippen LogP contribution in [-0.2, 0) is 11.2 Å². The van der Waals surface area contributed by atoms with Crippen LogP contribution in [0.15, 0.2) is 40.9 Å². The highest BCUT2D eigenvalue weighted by atomic mass is 35.5. The summed E-state index contributed by atoms with van der Waals surface area (Å²) in [5.74, 6) is -0.314. The summed E-state index contributed by atoms with van der Waals surface area (Å²) >= 11 is 17.9. The van der Waals surface area contributed by atoms with Crippen LogP contribution < -0.4 is 10.9 Å². The smallest absolute Gasteiger partial charge is 0.244 e. The molecule has 0 saturated heterocycles. The van der Waals surface area contributed by atoms with Crippen molar-refractivity contribution < 1.29 is 9.32 Å². The zero-order valence-corrected chi connectivity index (χ0v) is 13.8. The van der Waals surface area contributed by atoms with Crippen LogP contribution in [0.1, 0.15) is 5.69 Å². The van der Waals surface area contributed by atoms with E-state index in [1.54, 1.807) is 6.07 Å². The lowest BCUT2D eigenvalue weighted by atomic mass is 10.2. The summed E-state index contributed by atoms with van der Waals surface area (Å²) in [4.78, 5) is 12.0. The topological polar surface area (TPSA) is 67.2 Å². The second-order valence-corrected chi connectivity index (χ2v) is 5.97. The standard InChI is InChI=1S/C15H10Cl3N3O2/c16-8-5-10(17)15(11(18)6-8)20-19-14(22)7-12-9-3-1-2-4-13(9)23-21-12/h1-6,20H,7H2,(H,19,22). The molecule has 0 fully saturated rings. The lowest BCUT2D eigenvalue weighted by Crippen LogP contribution is -2.31. The van der Waals surface area contributed by atoms with Crippen LogP contribution in [0.3, 0.4) is 0 Å². The molecule has 3 rings (SSSR count). The zero-order valence-electron chi connectivity index (χ0n) is 11.6. The predicted molar refractivity (Wildman–Crippen MR) is 91.0 cm³/mol. The molecule has 2 aromatic carbocycles. The van der Waals surface area contributed by atoms with E-state index in [2.05, 4.69) is 16.0 Å². The van der Waals surface area contributed by atoms with Gasteiger partial charge in [-0.15, -0.1) is 0 Å². The third-order valence-corrected chi connectivity index (χ3v) is 3.93. The van der Waals surface area contributed by atoms with Gasteiger partial charge in [-0.1, -0.05) is 52.1 Å². The summed E-state index contributed by atoms with van der Waals surface area (Å²) in [5.41, 5.74) is 6.76. The van der Waals surface area contributed by atoms with E-state index in [9.17, 15) is 4.79 Å². The quantitative estimate of drug-likeness (QED) is 0.665. The van der Waals surface area contributed by atoms with Crippen molar-refractivity contribution in [2.24, 2.45) is 0 Å². The molecule has 0 atom stereocenters. The van der Waals surface area contributed by atoms with E-state index in [1.807, 2.05) is 18.2 Å². The molecule has 118 valence electrons. The molecule has 0 saturated carbocycles. The number of halogens is 3. The van der Waals surface area contributed by atoms with Crippen molar-refractivity contribution in [2.75, 3.05) is 5.43 Å². The molecule has 1 heterocycles. The molecular formula is C15H10Cl3N3O2. The molecule has 0 aliphatic heterocycles. The first-order valence-corrected chi connectivity index (χ1v) is 7.70. The lowest BCUT2D eigenvalue weighted by molar-refractivity contribution is -0.120. The second-order valence-electron chi connectivity index (χ2n) is 4.72. The molecule has 0 unspecified atom stereocenters. The molecule has 23 heavy (non-hydrogen) atoms. The average Bonchev–Trinajstić information content (AvgIpc) is 2.89. The first kappa shape index (κ1) is 15.9. The largest absolute Gasteiger partial charge is 0.356 e. The minimum absolute atomic E-state index is 0.0485. The van der Waals surface area contributed by atoms with Gasteiger partial charge in [-0.3, -0.25) is 15.6 Å². The van der Waals surface area contributed by atoms with Gasteiger partial charge in [0.25, 0.3) is 0 Å². The Morgan fingerprint density at radius 3 is 2.57 bits per heavy atom. The number of anilines is 1. The summed E-state index contributed by atoms with van der Waals surface area (Å²) in [5, 5.41) is 5.71. The van der Waals surface area contributed by atoms with Crippen LogP contribution in [0.5, 0.6) is 0 Å². The fraction of sp³-hybridized carbons (Fsp3) is 0.0667. The van der Waals surface area contributed by atoms with E-state index in [1.165, 1.54) is 12.1 Å². The second kappa shape index (κ2) is 6.66. The van der Waals surface area contributed by atoms with Crippen molar-refractivity contribution >= 4 is 57.4 Å². The van der Waals surface area contributed by atoms with E-state index < -0.39 is 0 Å². The van der Waals surface area contributed by atoms with Gasteiger partial charge >= 0.3 is 0 Å². The number of carbonyl (C=O) groups is 1.